The first-order valence-electron chi connectivity index (χ1n) is 3.11. The number of hydrogen-bond donors (Lipinski definition) is 1. The van der Waals surface area contributed by atoms with Crippen molar-refractivity contribution in [3.05, 3.63) is 25.2 Å². The molecule has 0 aliphatic rings. The first-order valence-corrected chi connectivity index (χ1v) is 3.11. The van der Waals surface area contributed by atoms with Gasteiger partial charge in [0.1, 0.15) is 0 Å². The topological polar surface area (TPSA) is 29.3 Å². The van der Waals surface area contributed by atoms with Crippen molar-refractivity contribution < 1.29 is 0 Å². The molecule has 0 saturated heterocycles. The SMILES string of the molecule is C=CN(/C=C\N)CCC. The second-order valence-corrected chi connectivity index (χ2v) is 1.76. The van der Waals surface area contributed by atoms with Crippen molar-refractivity contribution in [2.24, 2.45) is 5.73 Å². The van der Waals surface area contributed by atoms with E-state index in [0.717, 1.165) is 13.0 Å². The minimum atomic E-state index is 0.983. The largest absolute Gasteiger partial charge is 0.403 e. The maximum Gasteiger partial charge on any atom is 0.0217 e. The third kappa shape index (κ3) is 3.64. The zero-order chi connectivity index (χ0) is 7.11. The molecule has 2 heteroatoms. The molecule has 2 N–H and O–H groups in total. The first kappa shape index (κ1) is 8.08. The average molecular weight is 126 g/mol. The van der Waals surface area contributed by atoms with Crippen LogP contribution in [0.1, 0.15) is 13.3 Å². The predicted molar refractivity (Wildman–Crippen MR) is 40.5 cm³/mol. The minimum Gasteiger partial charge on any atom is -0.403 e. The lowest BCUT2D eigenvalue weighted by Gasteiger charge is -2.11. The third-order valence-corrected chi connectivity index (χ3v) is 0.994. The Bertz CT molecular complexity index is 97.1. The second-order valence-electron chi connectivity index (χ2n) is 1.76. The van der Waals surface area contributed by atoms with Gasteiger partial charge in [0.2, 0.25) is 0 Å². The van der Waals surface area contributed by atoms with Crippen molar-refractivity contribution >= 4 is 0 Å². The summed E-state index contributed by atoms with van der Waals surface area (Å²) in [4.78, 5) is 1.94. The molecule has 0 fully saturated rings. The van der Waals surface area contributed by atoms with Crippen molar-refractivity contribution in [2.45, 2.75) is 13.3 Å². The Morgan fingerprint density at radius 2 is 2.33 bits per heavy atom. The molecule has 0 heterocycles. The fourth-order valence-corrected chi connectivity index (χ4v) is 0.595. The molecule has 0 amide bonds. The summed E-state index contributed by atoms with van der Waals surface area (Å²) in [5.74, 6) is 0. The van der Waals surface area contributed by atoms with Crippen LogP contribution in [0.5, 0.6) is 0 Å². The molecule has 0 unspecified atom stereocenters. The summed E-state index contributed by atoms with van der Waals surface area (Å²) in [6.07, 6.45) is 6.18. The molecular formula is C7H14N2. The molecule has 0 bridgehead atoms. The number of rotatable bonds is 4. The average Bonchev–Trinajstić information content (AvgIpc) is 1.88. The molecule has 0 spiro atoms. The summed E-state index contributed by atoms with van der Waals surface area (Å²) >= 11 is 0. The summed E-state index contributed by atoms with van der Waals surface area (Å²) in [5.41, 5.74) is 5.17. The lowest BCUT2D eigenvalue weighted by molar-refractivity contribution is 0.502. The molecular weight excluding hydrogens is 112 g/mol. The highest BCUT2D eigenvalue weighted by molar-refractivity contribution is 4.84. The van der Waals surface area contributed by atoms with E-state index in [0.29, 0.717) is 0 Å². The normalized spacial score (nSPS) is 9.89. The van der Waals surface area contributed by atoms with Gasteiger partial charge in [0.05, 0.1) is 0 Å². The van der Waals surface area contributed by atoms with E-state index in [-0.39, 0.29) is 0 Å². The lowest BCUT2D eigenvalue weighted by atomic mass is 10.4. The summed E-state index contributed by atoms with van der Waals surface area (Å²) < 4.78 is 0. The molecule has 0 aromatic heterocycles. The number of hydrogen-bond acceptors (Lipinski definition) is 2. The molecule has 0 rings (SSSR count). The van der Waals surface area contributed by atoms with Crippen LogP contribution in [0.15, 0.2) is 25.2 Å². The van der Waals surface area contributed by atoms with Crippen LogP contribution in [0, 0.1) is 0 Å². The quantitative estimate of drug-likeness (QED) is 0.614. The van der Waals surface area contributed by atoms with E-state index in [1.165, 1.54) is 6.20 Å². The number of nitrogens with two attached hydrogens (primary N) is 1. The molecule has 52 valence electrons. The van der Waals surface area contributed by atoms with E-state index in [4.69, 9.17) is 5.73 Å². The minimum absolute atomic E-state index is 0.983. The Kier molecular flexibility index (Phi) is 4.69. The summed E-state index contributed by atoms with van der Waals surface area (Å²) in [6.45, 7) is 6.71. The highest BCUT2D eigenvalue weighted by Gasteiger charge is 1.86. The van der Waals surface area contributed by atoms with Crippen molar-refractivity contribution in [3.8, 4) is 0 Å². The van der Waals surface area contributed by atoms with E-state index in [2.05, 4.69) is 13.5 Å². The standard InChI is InChI=1S/C7H14N2/c1-3-6-9(4-2)7-5-8/h4-5,7H,2-3,6,8H2,1H3/b7-5-. The van der Waals surface area contributed by atoms with Crippen molar-refractivity contribution in [1.29, 1.82) is 0 Å². The van der Waals surface area contributed by atoms with E-state index in [1.807, 2.05) is 4.90 Å². The van der Waals surface area contributed by atoms with Gasteiger partial charge in [-0.05, 0) is 12.6 Å². The van der Waals surface area contributed by atoms with Gasteiger partial charge >= 0.3 is 0 Å². The van der Waals surface area contributed by atoms with Gasteiger partial charge in [-0.3, -0.25) is 0 Å². The molecule has 0 aliphatic carbocycles. The first-order chi connectivity index (χ1) is 4.35. The molecule has 0 aromatic rings. The Labute approximate surface area is 56.6 Å². The third-order valence-electron chi connectivity index (χ3n) is 0.994. The summed E-state index contributed by atoms with van der Waals surface area (Å²) in [5, 5.41) is 0. The van der Waals surface area contributed by atoms with Crippen LogP contribution < -0.4 is 5.73 Å². The fourth-order valence-electron chi connectivity index (χ4n) is 0.595. The second kappa shape index (κ2) is 5.22. The van der Waals surface area contributed by atoms with Gasteiger partial charge in [0.25, 0.3) is 0 Å². The zero-order valence-electron chi connectivity index (χ0n) is 5.88. The van der Waals surface area contributed by atoms with Gasteiger partial charge in [0.15, 0.2) is 0 Å². The highest BCUT2D eigenvalue weighted by Crippen LogP contribution is 1.90. The smallest absolute Gasteiger partial charge is 0.0217 e. The highest BCUT2D eigenvalue weighted by atomic mass is 15.1. The van der Waals surface area contributed by atoms with E-state index in [9.17, 15) is 0 Å². The van der Waals surface area contributed by atoms with E-state index in [1.54, 1.807) is 12.4 Å². The van der Waals surface area contributed by atoms with Crippen molar-refractivity contribution in [2.75, 3.05) is 6.54 Å². The molecule has 0 radical (unpaired) electrons. The molecule has 0 aliphatic heterocycles. The van der Waals surface area contributed by atoms with Gasteiger partial charge in [-0.2, -0.15) is 0 Å². The van der Waals surface area contributed by atoms with E-state index < -0.39 is 0 Å². The van der Waals surface area contributed by atoms with Crippen molar-refractivity contribution in [1.82, 2.24) is 4.90 Å². The molecule has 0 saturated carbocycles. The van der Waals surface area contributed by atoms with Crippen LogP contribution in [0.25, 0.3) is 0 Å². The van der Waals surface area contributed by atoms with Crippen LogP contribution in [0.2, 0.25) is 0 Å². The van der Waals surface area contributed by atoms with Gasteiger partial charge in [-0.1, -0.05) is 13.5 Å². The Hall–Kier alpha value is -0.920. The predicted octanol–water partition coefficient (Wildman–Crippen LogP) is 1.27. The van der Waals surface area contributed by atoms with Crippen LogP contribution >= 0.6 is 0 Å². The van der Waals surface area contributed by atoms with Crippen LogP contribution in [0.4, 0.5) is 0 Å². The van der Waals surface area contributed by atoms with Gasteiger partial charge in [-0.15, -0.1) is 0 Å². The fraction of sp³-hybridized carbons (Fsp3) is 0.429. The Balaban J connectivity index is 3.53. The maximum atomic E-state index is 5.17. The zero-order valence-corrected chi connectivity index (χ0v) is 5.88. The molecule has 0 aromatic carbocycles. The monoisotopic (exact) mass is 126 g/mol. The number of nitrogens with zero attached hydrogens (tertiary/aromatic N) is 1. The van der Waals surface area contributed by atoms with E-state index >= 15 is 0 Å². The van der Waals surface area contributed by atoms with Crippen LogP contribution in [-0.4, -0.2) is 11.4 Å². The maximum absolute atomic E-state index is 5.17. The molecule has 0 atom stereocenters. The lowest BCUT2D eigenvalue weighted by Crippen LogP contribution is -2.09. The Morgan fingerprint density at radius 3 is 2.67 bits per heavy atom. The summed E-state index contributed by atoms with van der Waals surface area (Å²) in [7, 11) is 0. The molecule has 2 nitrogen and oxygen atoms in total. The van der Waals surface area contributed by atoms with Gasteiger partial charge in [0, 0.05) is 18.9 Å². The summed E-state index contributed by atoms with van der Waals surface area (Å²) in [6, 6.07) is 0. The van der Waals surface area contributed by atoms with Crippen LogP contribution in [-0.2, 0) is 0 Å². The van der Waals surface area contributed by atoms with Gasteiger partial charge in [-0.25, -0.2) is 0 Å². The van der Waals surface area contributed by atoms with Crippen LogP contribution in [0.3, 0.4) is 0 Å². The Morgan fingerprint density at radius 1 is 1.67 bits per heavy atom. The van der Waals surface area contributed by atoms with Crippen molar-refractivity contribution in [3.63, 3.8) is 0 Å². The molecule has 9 heavy (non-hydrogen) atoms. The van der Waals surface area contributed by atoms with Gasteiger partial charge < -0.3 is 10.6 Å².